The third kappa shape index (κ3) is 4.78. The molecule has 1 N–H and O–H groups in total. The minimum absolute atomic E-state index is 0.0872. The van der Waals surface area contributed by atoms with Crippen LogP contribution in [-0.4, -0.2) is 36.5 Å². The summed E-state index contributed by atoms with van der Waals surface area (Å²) in [6.07, 6.45) is 5.36. The van der Waals surface area contributed by atoms with E-state index in [1.807, 2.05) is 29.2 Å². The van der Waals surface area contributed by atoms with Gasteiger partial charge in [0.25, 0.3) is 0 Å². The van der Waals surface area contributed by atoms with E-state index in [1.165, 1.54) is 31.1 Å². The number of carbonyl (C=O) groups excluding carboxylic acids is 2. The lowest BCUT2D eigenvalue weighted by Crippen LogP contribution is -2.23. The Bertz CT molecular complexity index is 920. The van der Waals surface area contributed by atoms with E-state index in [0.29, 0.717) is 19.5 Å². The second kappa shape index (κ2) is 9.08. The van der Waals surface area contributed by atoms with E-state index in [2.05, 4.69) is 11.4 Å². The molecule has 0 unspecified atom stereocenters. The Labute approximate surface area is 181 Å². The molecule has 1 saturated carbocycles. The Kier molecular flexibility index (Phi) is 6.27. The van der Waals surface area contributed by atoms with E-state index >= 15 is 0 Å². The van der Waals surface area contributed by atoms with Gasteiger partial charge in [-0.25, -0.2) is 0 Å². The molecule has 2 heterocycles. The van der Waals surface area contributed by atoms with Crippen LogP contribution >= 0.6 is 11.3 Å². The molecule has 4 rings (SSSR count). The van der Waals surface area contributed by atoms with Crippen LogP contribution in [-0.2, 0) is 16.1 Å². The van der Waals surface area contributed by atoms with Crippen LogP contribution in [0.3, 0.4) is 0 Å². The molecule has 1 aromatic carbocycles. The zero-order valence-electron chi connectivity index (χ0n) is 17.5. The summed E-state index contributed by atoms with van der Waals surface area (Å²) >= 11 is 1.51. The van der Waals surface area contributed by atoms with Gasteiger partial charge in [0.15, 0.2) is 11.5 Å². The maximum Gasteiger partial charge on any atom is 0.223 e. The van der Waals surface area contributed by atoms with E-state index in [4.69, 9.17) is 9.47 Å². The maximum atomic E-state index is 12.6. The summed E-state index contributed by atoms with van der Waals surface area (Å²) in [5.41, 5.74) is 1.12. The van der Waals surface area contributed by atoms with Crippen molar-refractivity contribution in [3.8, 4) is 11.5 Å². The number of benzene rings is 1. The molecule has 7 heteroatoms. The molecular formula is C23H28N2O4S. The lowest BCUT2D eigenvalue weighted by Gasteiger charge is -2.19. The smallest absolute Gasteiger partial charge is 0.223 e. The first-order valence-electron chi connectivity index (χ1n) is 10.5. The van der Waals surface area contributed by atoms with Crippen molar-refractivity contribution >= 4 is 28.2 Å². The highest BCUT2D eigenvalue weighted by Crippen LogP contribution is 2.37. The Morgan fingerprint density at radius 2 is 2.00 bits per heavy atom. The van der Waals surface area contributed by atoms with Crippen molar-refractivity contribution in [3.63, 3.8) is 0 Å². The number of hydrogen-bond acceptors (Lipinski definition) is 5. The highest BCUT2D eigenvalue weighted by molar-refractivity contribution is 7.16. The quantitative estimate of drug-likeness (QED) is 0.702. The van der Waals surface area contributed by atoms with Crippen molar-refractivity contribution in [3.05, 3.63) is 40.8 Å². The van der Waals surface area contributed by atoms with Crippen LogP contribution in [0.5, 0.6) is 11.5 Å². The third-order valence-corrected chi connectivity index (χ3v) is 6.76. The first-order chi connectivity index (χ1) is 14.5. The summed E-state index contributed by atoms with van der Waals surface area (Å²) < 4.78 is 11.7. The van der Waals surface area contributed by atoms with E-state index in [9.17, 15) is 9.59 Å². The summed E-state index contributed by atoms with van der Waals surface area (Å²) in [6, 6.07) is 9.90. The van der Waals surface area contributed by atoms with Crippen molar-refractivity contribution in [1.29, 1.82) is 0 Å². The molecule has 30 heavy (non-hydrogen) atoms. The van der Waals surface area contributed by atoms with Crippen LogP contribution in [0.1, 0.15) is 55.4 Å². The zero-order valence-corrected chi connectivity index (χ0v) is 18.3. The molecule has 1 aliphatic heterocycles. The zero-order chi connectivity index (χ0) is 21.1. The van der Waals surface area contributed by atoms with Gasteiger partial charge in [-0.05, 0) is 55.5 Å². The summed E-state index contributed by atoms with van der Waals surface area (Å²) in [4.78, 5) is 26.8. The van der Waals surface area contributed by atoms with Crippen molar-refractivity contribution in [1.82, 2.24) is 4.90 Å². The average Bonchev–Trinajstić information content (AvgIpc) is 3.45. The number of thiophene rings is 1. The van der Waals surface area contributed by atoms with Crippen LogP contribution < -0.4 is 14.8 Å². The molecule has 0 bridgehead atoms. The molecule has 2 aromatic rings. The Hall–Kier alpha value is -2.54. The highest BCUT2D eigenvalue weighted by atomic mass is 32.1. The fraction of sp³-hybridized carbons (Fsp3) is 0.478. The van der Waals surface area contributed by atoms with Crippen LogP contribution in [0.4, 0.5) is 5.00 Å². The number of nitrogens with one attached hydrogen (secondary N) is 1. The molecule has 0 spiro atoms. The number of ether oxygens (including phenoxy) is 2. The Morgan fingerprint density at radius 3 is 2.73 bits per heavy atom. The minimum atomic E-state index is -0.0872. The lowest BCUT2D eigenvalue weighted by atomic mass is 9.98. The SMILES string of the molecule is COc1ccc([C@H]2CC(=O)N(Cc3ccc(NC(C)=O)s3)C2)cc1OC1CCCC1. The van der Waals surface area contributed by atoms with Crippen molar-refractivity contribution < 1.29 is 19.1 Å². The van der Waals surface area contributed by atoms with Gasteiger partial charge in [-0.1, -0.05) is 6.07 Å². The van der Waals surface area contributed by atoms with Gasteiger partial charge < -0.3 is 19.7 Å². The van der Waals surface area contributed by atoms with Crippen LogP contribution in [0.25, 0.3) is 0 Å². The average molecular weight is 429 g/mol. The number of rotatable bonds is 7. The molecule has 6 nitrogen and oxygen atoms in total. The first-order valence-corrected chi connectivity index (χ1v) is 11.3. The van der Waals surface area contributed by atoms with E-state index in [0.717, 1.165) is 39.8 Å². The predicted octanol–water partition coefficient (Wildman–Crippen LogP) is 4.55. The summed E-state index contributed by atoms with van der Waals surface area (Å²) in [5, 5.41) is 3.60. The first kappa shape index (κ1) is 20.7. The fourth-order valence-electron chi connectivity index (χ4n) is 4.27. The molecule has 2 aliphatic rings. The van der Waals surface area contributed by atoms with Gasteiger partial charge in [0.05, 0.1) is 24.8 Å². The van der Waals surface area contributed by atoms with Crippen LogP contribution in [0.15, 0.2) is 30.3 Å². The largest absolute Gasteiger partial charge is 0.493 e. The fourth-order valence-corrected chi connectivity index (χ4v) is 5.23. The molecular weight excluding hydrogens is 400 g/mol. The number of amides is 2. The van der Waals surface area contributed by atoms with E-state index in [-0.39, 0.29) is 23.8 Å². The summed E-state index contributed by atoms with van der Waals surface area (Å²) in [5.74, 6) is 1.74. The molecule has 160 valence electrons. The van der Waals surface area contributed by atoms with Crippen molar-refractivity contribution in [2.75, 3.05) is 19.0 Å². The van der Waals surface area contributed by atoms with Gasteiger partial charge in [-0.2, -0.15) is 0 Å². The van der Waals surface area contributed by atoms with Crippen LogP contribution in [0.2, 0.25) is 0 Å². The lowest BCUT2D eigenvalue weighted by molar-refractivity contribution is -0.128. The standard InChI is InChI=1S/C23H28N2O4S/c1-15(26)24-22-10-8-19(30-22)14-25-13-17(12-23(25)27)16-7-9-20(28-2)21(11-16)29-18-5-3-4-6-18/h7-11,17-18H,3-6,12-14H2,1-2H3,(H,24,26)/t17-/m0/s1. The summed E-state index contributed by atoms with van der Waals surface area (Å²) in [6.45, 7) is 2.75. The number of methoxy groups -OCH3 is 1. The Balaban J connectivity index is 1.44. The maximum absolute atomic E-state index is 12.6. The number of nitrogens with zero attached hydrogens (tertiary/aromatic N) is 1. The van der Waals surface area contributed by atoms with Gasteiger partial charge in [0.1, 0.15) is 0 Å². The predicted molar refractivity (Wildman–Crippen MR) is 117 cm³/mol. The van der Waals surface area contributed by atoms with E-state index < -0.39 is 0 Å². The number of anilines is 1. The minimum Gasteiger partial charge on any atom is -0.493 e. The second-order valence-electron chi connectivity index (χ2n) is 8.06. The van der Waals surface area contributed by atoms with Crippen LogP contribution in [0, 0.1) is 0 Å². The Morgan fingerprint density at radius 1 is 1.20 bits per heavy atom. The third-order valence-electron chi connectivity index (χ3n) is 5.78. The molecule has 1 aliphatic carbocycles. The number of hydrogen-bond donors (Lipinski definition) is 1. The monoisotopic (exact) mass is 428 g/mol. The molecule has 1 saturated heterocycles. The highest BCUT2D eigenvalue weighted by Gasteiger charge is 2.31. The molecule has 2 amide bonds. The molecule has 2 fully saturated rings. The van der Waals surface area contributed by atoms with Gasteiger partial charge in [0.2, 0.25) is 11.8 Å². The number of likely N-dealkylation sites (tertiary alicyclic amines) is 1. The van der Waals surface area contributed by atoms with Gasteiger partial charge >= 0.3 is 0 Å². The molecule has 1 aromatic heterocycles. The summed E-state index contributed by atoms with van der Waals surface area (Å²) in [7, 11) is 1.66. The number of carbonyl (C=O) groups is 2. The normalized spacial score (nSPS) is 19.3. The van der Waals surface area contributed by atoms with Gasteiger partial charge in [-0.3, -0.25) is 9.59 Å². The van der Waals surface area contributed by atoms with E-state index in [1.54, 1.807) is 7.11 Å². The second-order valence-corrected chi connectivity index (χ2v) is 9.23. The van der Waals surface area contributed by atoms with Crippen molar-refractivity contribution in [2.45, 2.75) is 57.6 Å². The van der Waals surface area contributed by atoms with Gasteiger partial charge in [0, 0.05) is 30.7 Å². The van der Waals surface area contributed by atoms with Gasteiger partial charge in [-0.15, -0.1) is 11.3 Å². The van der Waals surface area contributed by atoms with Crippen molar-refractivity contribution in [2.24, 2.45) is 0 Å². The molecule has 1 atom stereocenters. The molecule has 0 radical (unpaired) electrons. The topological polar surface area (TPSA) is 67.9 Å².